The molecule has 8 nitrogen and oxygen atoms in total. The van der Waals surface area contributed by atoms with Gasteiger partial charge in [-0.25, -0.2) is 4.39 Å². The molecule has 0 aromatic heterocycles. The zero-order valence-electron chi connectivity index (χ0n) is 16.6. The number of benzene rings is 1. The summed E-state index contributed by atoms with van der Waals surface area (Å²) in [5, 5.41) is 17.4. The fourth-order valence-electron chi connectivity index (χ4n) is 3.20. The fraction of sp³-hybridized carbons (Fsp3) is 0.476. The number of ether oxygens (including phenoxy) is 1. The Hall–Kier alpha value is -3.46. The molecular weight excluding hydrogens is 391 g/mol. The second kappa shape index (κ2) is 11.5. The number of carbonyl (C=O) groups is 3. The number of esters is 1. The van der Waals surface area contributed by atoms with Crippen molar-refractivity contribution in [1.82, 2.24) is 9.80 Å². The first kappa shape index (κ1) is 22.8. The highest BCUT2D eigenvalue weighted by atomic mass is 19.1. The van der Waals surface area contributed by atoms with Gasteiger partial charge in [0.1, 0.15) is 5.82 Å². The molecule has 1 heterocycles. The Morgan fingerprint density at radius 3 is 2.37 bits per heavy atom. The van der Waals surface area contributed by atoms with Crippen LogP contribution in [-0.2, 0) is 14.3 Å². The van der Waals surface area contributed by atoms with Crippen LogP contribution < -0.4 is 0 Å². The molecule has 1 aliphatic rings. The van der Waals surface area contributed by atoms with Crippen molar-refractivity contribution in [2.45, 2.75) is 25.7 Å². The quantitative estimate of drug-likeness (QED) is 0.600. The molecular formula is C21H23FN4O4. The highest BCUT2D eigenvalue weighted by Crippen LogP contribution is 2.20. The van der Waals surface area contributed by atoms with Crippen molar-refractivity contribution < 1.29 is 23.5 Å². The molecule has 1 aromatic carbocycles. The summed E-state index contributed by atoms with van der Waals surface area (Å²) in [5.74, 6) is -2.32. The van der Waals surface area contributed by atoms with Gasteiger partial charge in [0.25, 0.3) is 11.8 Å². The molecule has 1 aromatic rings. The van der Waals surface area contributed by atoms with Crippen molar-refractivity contribution in [2.24, 2.45) is 5.92 Å². The molecule has 158 valence electrons. The maximum absolute atomic E-state index is 13.1. The summed E-state index contributed by atoms with van der Waals surface area (Å²) >= 11 is 0. The summed E-state index contributed by atoms with van der Waals surface area (Å²) < 4.78 is 18.2. The number of nitriles is 2. The summed E-state index contributed by atoms with van der Waals surface area (Å²) in [4.78, 5) is 40.1. The summed E-state index contributed by atoms with van der Waals surface area (Å²) in [6, 6.07) is 9.08. The second-order valence-corrected chi connectivity index (χ2v) is 6.90. The normalized spacial score (nSPS) is 15.6. The first-order valence-electron chi connectivity index (χ1n) is 9.69. The van der Waals surface area contributed by atoms with E-state index in [0.29, 0.717) is 24.9 Å². The highest BCUT2D eigenvalue weighted by molar-refractivity contribution is 5.94. The Balaban J connectivity index is 1.89. The van der Waals surface area contributed by atoms with Crippen LogP contribution in [0, 0.1) is 34.4 Å². The standard InChI is InChI=1S/C21H23FN4O4/c22-18-7-5-16(6-8-18)20(28)26-11-1-4-17(14-26)21(29)30-15-19(27)25(12-2-9-23)13-3-10-24/h5-8,17H,1-4,11-15H2. The van der Waals surface area contributed by atoms with Gasteiger partial charge >= 0.3 is 5.97 Å². The molecule has 0 aliphatic carbocycles. The van der Waals surface area contributed by atoms with E-state index in [1.807, 2.05) is 12.1 Å². The molecule has 1 aliphatic heterocycles. The van der Waals surface area contributed by atoms with Crippen molar-refractivity contribution in [3.8, 4) is 12.1 Å². The van der Waals surface area contributed by atoms with E-state index in [2.05, 4.69) is 0 Å². The third-order valence-corrected chi connectivity index (χ3v) is 4.81. The van der Waals surface area contributed by atoms with Gasteiger partial charge in [0.2, 0.25) is 0 Å². The van der Waals surface area contributed by atoms with E-state index in [1.54, 1.807) is 0 Å². The average Bonchev–Trinajstić information content (AvgIpc) is 2.77. The Kier molecular flexibility index (Phi) is 8.76. The lowest BCUT2D eigenvalue weighted by Crippen LogP contribution is -2.43. The van der Waals surface area contributed by atoms with Crippen molar-refractivity contribution in [3.63, 3.8) is 0 Å². The first-order valence-corrected chi connectivity index (χ1v) is 9.69. The zero-order valence-corrected chi connectivity index (χ0v) is 16.6. The minimum atomic E-state index is -0.569. The van der Waals surface area contributed by atoms with E-state index in [4.69, 9.17) is 15.3 Å². The molecule has 0 N–H and O–H groups in total. The third-order valence-electron chi connectivity index (χ3n) is 4.81. The van der Waals surface area contributed by atoms with Crippen LogP contribution in [0.1, 0.15) is 36.0 Å². The van der Waals surface area contributed by atoms with E-state index in [0.717, 1.165) is 0 Å². The van der Waals surface area contributed by atoms with Crippen LogP contribution in [0.3, 0.4) is 0 Å². The van der Waals surface area contributed by atoms with Gasteiger partial charge in [-0.05, 0) is 37.1 Å². The molecule has 2 rings (SSSR count). The summed E-state index contributed by atoms with van der Waals surface area (Å²) in [5.41, 5.74) is 0.339. The minimum absolute atomic E-state index is 0.119. The largest absolute Gasteiger partial charge is 0.455 e. The maximum Gasteiger partial charge on any atom is 0.311 e. The Bertz CT molecular complexity index is 826. The number of piperidine rings is 1. The number of carbonyl (C=O) groups excluding carboxylic acids is 3. The van der Waals surface area contributed by atoms with E-state index in [-0.39, 0.29) is 38.4 Å². The minimum Gasteiger partial charge on any atom is -0.455 e. The molecule has 1 atom stereocenters. The molecule has 9 heteroatoms. The predicted octanol–water partition coefficient (Wildman–Crippen LogP) is 1.88. The number of rotatable bonds is 8. The van der Waals surface area contributed by atoms with Gasteiger partial charge in [-0.3, -0.25) is 14.4 Å². The Morgan fingerprint density at radius 2 is 1.77 bits per heavy atom. The SMILES string of the molecule is N#CCCN(CCC#N)C(=O)COC(=O)C1CCCN(C(=O)c2ccc(F)cc2)C1. The van der Waals surface area contributed by atoms with E-state index in [9.17, 15) is 18.8 Å². The van der Waals surface area contributed by atoms with Gasteiger partial charge in [-0.15, -0.1) is 0 Å². The van der Waals surface area contributed by atoms with Crippen molar-refractivity contribution in [3.05, 3.63) is 35.6 Å². The van der Waals surface area contributed by atoms with Gasteiger partial charge in [0, 0.05) is 31.7 Å². The lowest BCUT2D eigenvalue weighted by atomic mass is 9.97. The van der Waals surface area contributed by atoms with E-state index >= 15 is 0 Å². The molecule has 2 amide bonds. The van der Waals surface area contributed by atoms with E-state index < -0.39 is 30.2 Å². The number of halogens is 1. The van der Waals surface area contributed by atoms with Gasteiger partial charge in [-0.2, -0.15) is 10.5 Å². The van der Waals surface area contributed by atoms with Crippen LogP contribution >= 0.6 is 0 Å². The van der Waals surface area contributed by atoms with Gasteiger partial charge in [-0.1, -0.05) is 0 Å². The zero-order chi connectivity index (χ0) is 21.9. The number of hydrogen-bond acceptors (Lipinski definition) is 6. The monoisotopic (exact) mass is 414 g/mol. The van der Waals surface area contributed by atoms with Crippen LogP contribution in [0.15, 0.2) is 24.3 Å². The molecule has 1 saturated heterocycles. The van der Waals surface area contributed by atoms with Crippen LogP contribution in [0.4, 0.5) is 4.39 Å². The maximum atomic E-state index is 13.1. The predicted molar refractivity (Wildman–Crippen MR) is 103 cm³/mol. The smallest absolute Gasteiger partial charge is 0.311 e. The van der Waals surface area contributed by atoms with Crippen molar-refractivity contribution in [1.29, 1.82) is 10.5 Å². The molecule has 0 saturated carbocycles. The molecule has 0 spiro atoms. The first-order chi connectivity index (χ1) is 14.5. The Morgan fingerprint density at radius 1 is 1.13 bits per heavy atom. The Labute approximate surface area is 174 Å². The fourth-order valence-corrected chi connectivity index (χ4v) is 3.20. The molecule has 0 bridgehead atoms. The molecule has 1 unspecified atom stereocenters. The van der Waals surface area contributed by atoms with Gasteiger partial charge < -0.3 is 14.5 Å². The lowest BCUT2D eigenvalue weighted by molar-refractivity contribution is -0.156. The lowest BCUT2D eigenvalue weighted by Gasteiger charge is -2.31. The molecule has 0 radical (unpaired) electrons. The van der Waals surface area contributed by atoms with Crippen LogP contribution in [0.5, 0.6) is 0 Å². The summed E-state index contributed by atoms with van der Waals surface area (Å²) in [7, 11) is 0. The van der Waals surface area contributed by atoms with Crippen molar-refractivity contribution in [2.75, 3.05) is 32.8 Å². The second-order valence-electron chi connectivity index (χ2n) is 6.90. The average molecular weight is 414 g/mol. The van der Waals surface area contributed by atoms with E-state index in [1.165, 1.54) is 34.1 Å². The molecule has 30 heavy (non-hydrogen) atoms. The van der Waals surface area contributed by atoms with Crippen LogP contribution in [-0.4, -0.2) is 60.4 Å². The third kappa shape index (κ3) is 6.56. The number of amides is 2. The summed E-state index contributed by atoms with van der Waals surface area (Å²) in [6.45, 7) is 0.499. The highest BCUT2D eigenvalue weighted by Gasteiger charge is 2.30. The van der Waals surface area contributed by atoms with Crippen LogP contribution in [0.25, 0.3) is 0 Å². The van der Waals surface area contributed by atoms with Gasteiger partial charge in [0.15, 0.2) is 6.61 Å². The van der Waals surface area contributed by atoms with Crippen molar-refractivity contribution >= 4 is 17.8 Å². The number of likely N-dealkylation sites (tertiary alicyclic amines) is 1. The number of nitrogens with zero attached hydrogens (tertiary/aromatic N) is 4. The summed E-state index contributed by atoms with van der Waals surface area (Å²) in [6.07, 6.45) is 1.38. The topological polar surface area (TPSA) is 114 Å². The van der Waals surface area contributed by atoms with Gasteiger partial charge in [0.05, 0.1) is 30.9 Å². The number of hydrogen-bond donors (Lipinski definition) is 0. The van der Waals surface area contributed by atoms with Crippen LogP contribution in [0.2, 0.25) is 0 Å². The molecule has 1 fully saturated rings.